The van der Waals surface area contributed by atoms with Crippen LogP contribution < -0.4 is 10.5 Å². The number of pyridine rings is 1. The Balaban J connectivity index is 1.47. The van der Waals surface area contributed by atoms with E-state index in [4.69, 9.17) is 10.5 Å². The average Bonchev–Trinajstić information content (AvgIpc) is 3.07. The van der Waals surface area contributed by atoms with E-state index < -0.39 is 5.97 Å². The summed E-state index contributed by atoms with van der Waals surface area (Å²) >= 11 is 0. The normalized spacial score (nSPS) is 18.7. The Kier molecular flexibility index (Phi) is 4.23. The van der Waals surface area contributed by atoms with E-state index in [-0.39, 0.29) is 17.7 Å². The Bertz CT molecular complexity index is 995. The third kappa shape index (κ3) is 3.33. The quantitative estimate of drug-likeness (QED) is 0.714. The fraction of sp³-hybridized carbons (Fsp3) is 0.263. The highest BCUT2D eigenvalue weighted by Crippen LogP contribution is 2.38. The zero-order chi connectivity index (χ0) is 19.0. The molecule has 0 unspecified atom stereocenters. The van der Waals surface area contributed by atoms with Crippen molar-refractivity contribution in [2.75, 3.05) is 5.73 Å². The van der Waals surface area contributed by atoms with E-state index in [1.807, 2.05) is 29.7 Å². The van der Waals surface area contributed by atoms with Gasteiger partial charge in [-0.2, -0.15) is 0 Å². The first-order valence-corrected chi connectivity index (χ1v) is 8.64. The molecule has 138 valence electrons. The SMILES string of the molecule is Cc1ccc(OC2CC(n3cnnc3-c3cccc(N)n3)C2)c(C(=O)O)c1. The predicted octanol–water partition coefficient (Wildman–Crippen LogP) is 2.71. The topological polar surface area (TPSA) is 116 Å². The molecule has 0 bridgehead atoms. The smallest absolute Gasteiger partial charge is 0.339 e. The Morgan fingerprint density at radius 3 is 2.85 bits per heavy atom. The minimum absolute atomic E-state index is 0.0557. The molecule has 0 aliphatic heterocycles. The number of nitrogens with two attached hydrogens (primary N) is 1. The Labute approximate surface area is 155 Å². The first-order valence-electron chi connectivity index (χ1n) is 8.64. The van der Waals surface area contributed by atoms with Gasteiger partial charge in [-0.15, -0.1) is 10.2 Å². The lowest BCUT2D eigenvalue weighted by atomic mass is 9.88. The summed E-state index contributed by atoms with van der Waals surface area (Å²) in [6, 6.07) is 10.7. The van der Waals surface area contributed by atoms with Crippen molar-refractivity contribution >= 4 is 11.8 Å². The molecule has 2 aromatic heterocycles. The first kappa shape index (κ1) is 17.0. The van der Waals surface area contributed by atoms with Crippen molar-refractivity contribution in [1.82, 2.24) is 19.7 Å². The number of benzene rings is 1. The van der Waals surface area contributed by atoms with Crippen LogP contribution in [0.5, 0.6) is 5.75 Å². The van der Waals surface area contributed by atoms with Crippen molar-refractivity contribution < 1.29 is 14.6 Å². The van der Waals surface area contributed by atoms with E-state index in [2.05, 4.69) is 15.2 Å². The number of ether oxygens (including phenoxy) is 1. The number of nitrogens with zero attached hydrogens (tertiary/aromatic N) is 4. The van der Waals surface area contributed by atoms with Gasteiger partial charge in [0.15, 0.2) is 5.82 Å². The van der Waals surface area contributed by atoms with Crippen LogP contribution in [0.4, 0.5) is 5.82 Å². The van der Waals surface area contributed by atoms with Crippen LogP contribution in [-0.2, 0) is 0 Å². The maximum Gasteiger partial charge on any atom is 0.339 e. The van der Waals surface area contributed by atoms with Gasteiger partial charge in [-0.25, -0.2) is 9.78 Å². The van der Waals surface area contributed by atoms with Crippen LogP contribution in [-0.4, -0.2) is 36.9 Å². The number of hydrogen-bond acceptors (Lipinski definition) is 6. The second kappa shape index (κ2) is 6.71. The van der Waals surface area contributed by atoms with E-state index in [0.29, 0.717) is 23.1 Å². The lowest BCUT2D eigenvalue weighted by Crippen LogP contribution is -2.36. The number of carboxylic acids is 1. The number of carbonyl (C=O) groups is 1. The zero-order valence-corrected chi connectivity index (χ0v) is 14.7. The third-order valence-corrected chi connectivity index (χ3v) is 4.70. The monoisotopic (exact) mass is 365 g/mol. The van der Waals surface area contributed by atoms with Gasteiger partial charge in [-0.05, 0) is 31.2 Å². The van der Waals surface area contributed by atoms with Crippen molar-refractivity contribution in [1.29, 1.82) is 0 Å². The maximum atomic E-state index is 11.4. The fourth-order valence-electron chi connectivity index (χ4n) is 3.22. The number of anilines is 1. The summed E-state index contributed by atoms with van der Waals surface area (Å²) in [4.78, 5) is 15.7. The highest BCUT2D eigenvalue weighted by molar-refractivity contribution is 5.91. The number of carboxylic acid groups (broad SMARTS) is 1. The summed E-state index contributed by atoms with van der Waals surface area (Å²) in [5, 5.41) is 17.5. The van der Waals surface area contributed by atoms with E-state index >= 15 is 0 Å². The van der Waals surface area contributed by atoms with E-state index in [9.17, 15) is 9.90 Å². The Morgan fingerprint density at radius 1 is 1.30 bits per heavy atom. The summed E-state index contributed by atoms with van der Waals surface area (Å²) in [6.45, 7) is 1.85. The molecule has 3 aromatic rings. The second-order valence-corrected chi connectivity index (χ2v) is 6.68. The van der Waals surface area contributed by atoms with Crippen LogP contribution in [0.2, 0.25) is 0 Å². The Hall–Kier alpha value is -3.42. The lowest BCUT2D eigenvalue weighted by molar-refractivity contribution is 0.0618. The van der Waals surface area contributed by atoms with Crippen molar-refractivity contribution in [3.63, 3.8) is 0 Å². The van der Waals surface area contributed by atoms with E-state index in [0.717, 1.165) is 18.4 Å². The lowest BCUT2D eigenvalue weighted by Gasteiger charge is -2.36. The molecule has 1 fully saturated rings. The van der Waals surface area contributed by atoms with Crippen molar-refractivity contribution in [3.8, 4) is 17.3 Å². The molecule has 0 saturated heterocycles. The Morgan fingerprint density at radius 2 is 2.11 bits per heavy atom. The third-order valence-electron chi connectivity index (χ3n) is 4.70. The molecule has 0 radical (unpaired) electrons. The van der Waals surface area contributed by atoms with Gasteiger partial charge in [0.2, 0.25) is 0 Å². The molecule has 27 heavy (non-hydrogen) atoms. The summed E-state index contributed by atoms with van der Waals surface area (Å²) in [5.74, 6) is 0.501. The molecule has 8 heteroatoms. The van der Waals surface area contributed by atoms with Gasteiger partial charge in [0.25, 0.3) is 0 Å². The largest absolute Gasteiger partial charge is 0.489 e. The van der Waals surface area contributed by atoms with Crippen molar-refractivity contribution in [2.45, 2.75) is 31.9 Å². The van der Waals surface area contributed by atoms with Gasteiger partial charge < -0.3 is 20.1 Å². The second-order valence-electron chi connectivity index (χ2n) is 6.68. The van der Waals surface area contributed by atoms with Gasteiger partial charge in [-0.3, -0.25) is 0 Å². The van der Waals surface area contributed by atoms with Crippen LogP contribution in [0.25, 0.3) is 11.5 Å². The number of aromatic nitrogens is 4. The molecule has 2 heterocycles. The molecule has 0 amide bonds. The first-order chi connectivity index (χ1) is 13.0. The zero-order valence-electron chi connectivity index (χ0n) is 14.7. The number of aryl methyl sites for hydroxylation is 1. The molecule has 0 spiro atoms. The molecule has 1 aromatic carbocycles. The van der Waals surface area contributed by atoms with Crippen molar-refractivity contribution in [2.24, 2.45) is 0 Å². The highest BCUT2D eigenvalue weighted by Gasteiger charge is 2.34. The number of rotatable bonds is 5. The number of nitrogen functional groups attached to an aromatic ring is 1. The summed E-state index contributed by atoms with van der Waals surface area (Å²) in [7, 11) is 0. The molecular formula is C19H19N5O3. The van der Waals surface area contributed by atoms with Crippen LogP contribution in [0.1, 0.15) is 34.8 Å². The van der Waals surface area contributed by atoms with Gasteiger partial charge in [0.1, 0.15) is 35.3 Å². The highest BCUT2D eigenvalue weighted by atomic mass is 16.5. The number of aromatic carboxylic acids is 1. The van der Waals surface area contributed by atoms with Gasteiger partial charge >= 0.3 is 5.97 Å². The minimum atomic E-state index is -0.988. The summed E-state index contributed by atoms with van der Waals surface area (Å²) < 4.78 is 7.89. The fourth-order valence-corrected chi connectivity index (χ4v) is 3.22. The summed E-state index contributed by atoms with van der Waals surface area (Å²) in [5.41, 5.74) is 7.50. The average molecular weight is 365 g/mol. The molecule has 4 rings (SSSR count). The van der Waals surface area contributed by atoms with Crippen molar-refractivity contribution in [3.05, 3.63) is 53.9 Å². The van der Waals surface area contributed by atoms with Crippen LogP contribution >= 0.6 is 0 Å². The van der Waals surface area contributed by atoms with Gasteiger partial charge in [-0.1, -0.05) is 17.7 Å². The molecule has 8 nitrogen and oxygen atoms in total. The summed E-state index contributed by atoms with van der Waals surface area (Å²) in [6.07, 6.45) is 3.09. The van der Waals surface area contributed by atoms with E-state index in [1.165, 1.54) is 0 Å². The van der Waals surface area contributed by atoms with Gasteiger partial charge in [0, 0.05) is 18.9 Å². The molecule has 0 atom stereocenters. The van der Waals surface area contributed by atoms with Crippen LogP contribution in [0, 0.1) is 6.92 Å². The predicted molar refractivity (Wildman–Crippen MR) is 98.5 cm³/mol. The maximum absolute atomic E-state index is 11.4. The molecule has 3 N–H and O–H groups in total. The van der Waals surface area contributed by atoms with Crippen LogP contribution in [0.15, 0.2) is 42.7 Å². The molecular weight excluding hydrogens is 346 g/mol. The molecule has 1 aliphatic carbocycles. The molecule has 1 aliphatic rings. The minimum Gasteiger partial charge on any atom is -0.489 e. The standard InChI is InChI=1S/C19H19N5O3/c1-11-5-6-16(14(7-11)19(25)26)27-13-8-12(9-13)24-10-21-23-18(24)15-3-2-4-17(20)22-15/h2-7,10,12-13H,8-9H2,1H3,(H2,20,22)(H,25,26). The number of hydrogen-bond donors (Lipinski definition) is 2. The molecule has 1 saturated carbocycles. The van der Waals surface area contributed by atoms with E-state index in [1.54, 1.807) is 24.5 Å². The van der Waals surface area contributed by atoms with Gasteiger partial charge in [0.05, 0.1) is 0 Å². The van der Waals surface area contributed by atoms with Crippen LogP contribution in [0.3, 0.4) is 0 Å².